The molecule has 0 radical (unpaired) electrons. The summed E-state index contributed by atoms with van der Waals surface area (Å²) in [5, 5.41) is 2.55. The normalized spacial score (nSPS) is 11.2. The van der Waals surface area contributed by atoms with Crippen molar-refractivity contribution in [1.82, 2.24) is 9.36 Å². The van der Waals surface area contributed by atoms with Crippen LogP contribution in [0.25, 0.3) is 5.69 Å². The second-order valence-corrected chi connectivity index (χ2v) is 8.47. The summed E-state index contributed by atoms with van der Waals surface area (Å²) in [5.41, 5.74) is 0.756. The standard InChI is InChI=1S/C21H24N4O5S/c1-5-30-18-12-11-16(22-15(3)26)13-19(18)31(28,29)23-20-14(2)24(4)25(21(20)27)17-9-7-6-8-10-17/h6-13,23H,5H2,1-4H3,(H,22,26). The summed E-state index contributed by atoms with van der Waals surface area (Å²) in [4.78, 5) is 24.3. The molecule has 2 N–H and O–H groups in total. The van der Waals surface area contributed by atoms with Crippen LogP contribution in [0.3, 0.4) is 0 Å². The zero-order valence-electron chi connectivity index (χ0n) is 17.7. The van der Waals surface area contributed by atoms with E-state index in [-0.39, 0.29) is 28.8 Å². The maximum Gasteiger partial charge on any atom is 0.296 e. The van der Waals surface area contributed by atoms with Crippen molar-refractivity contribution in [3.05, 3.63) is 64.6 Å². The lowest BCUT2D eigenvalue weighted by atomic mass is 10.3. The van der Waals surface area contributed by atoms with Crippen molar-refractivity contribution >= 4 is 27.3 Å². The van der Waals surface area contributed by atoms with Gasteiger partial charge in [-0.15, -0.1) is 0 Å². The number of carbonyl (C=O) groups excluding carboxylic acids is 1. The Morgan fingerprint density at radius 3 is 2.42 bits per heavy atom. The molecule has 0 saturated heterocycles. The van der Waals surface area contributed by atoms with E-state index in [0.29, 0.717) is 17.1 Å². The Labute approximate surface area is 180 Å². The van der Waals surface area contributed by atoms with E-state index in [2.05, 4.69) is 10.0 Å². The maximum atomic E-state index is 13.2. The summed E-state index contributed by atoms with van der Waals surface area (Å²) >= 11 is 0. The predicted octanol–water partition coefficient (Wildman–Crippen LogP) is 2.64. The van der Waals surface area contributed by atoms with Gasteiger partial charge < -0.3 is 10.1 Å². The minimum atomic E-state index is -4.21. The molecule has 1 heterocycles. The molecule has 0 bridgehead atoms. The fraction of sp³-hybridized carbons (Fsp3) is 0.238. The van der Waals surface area contributed by atoms with E-state index >= 15 is 0 Å². The van der Waals surface area contributed by atoms with Gasteiger partial charge in [-0.05, 0) is 44.2 Å². The number of rotatable bonds is 7. The van der Waals surface area contributed by atoms with Crippen LogP contribution in [0.5, 0.6) is 5.75 Å². The second-order valence-electron chi connectivity index (χ2n) is 6.82. The fourth-order valence-electron chi connectivity index (χ4n) is 3.15. The SMILES string of the molecule is CCOc1ccc(NC(C)=O)cc1S(=O)(=O)Nc1c(C)n(C)n(-c2ccccc2)c1=O. The predicted molar refractivity (Wildman–Crippen MR) is 118 cm³/mol. The molecule has 9 nitrogen and oxygen atoms in total. The molecular formula is C21H24N4O5S. The highest BCUT2D eigenvalue weighted by atomic mass is 32.2. The first kappa shape index (κ1) is 22.2. The summed E-state index contributed by atoms with van der Waals surface area (Å²) in [6, 6.07) is 13.2. The van der Waals surface area contributed by atoms with Gasteiger partial charge >= 0.3 is 0 Å². The van der Waals surface area contributed by atoms with Crippen LogP contribution in [-0.2, 0) is 21.9 Å². The van der Waals surface area contributed by atoms with Crippen LogP contribution in [0.15, 0.2) is 58.2 Å². The summed E-state index contributed by atoms with van der Waals surface area (Å²) in [5.74, 6) is -0.230. The van der Waals surface area contributed by atoms with Crippen molar-refractivity contribution in [3.8, 4) is 11.4 Å². The van der Waals surface area contributed by atoms with Gasteiger partial charge in [-0.1, -0.05) is 18.2 Å². The summed E-state index contributed by atoms with van der Waals surface area (Å²) in [7, 11) is -2.54. The van der Waals surface area contributed by atoms with E-state index < -0.39 is 15.6 Å². The van der Waals surface area contributed by atoms with Crippen molar-refractivity contribution < 1.29 is 17.9 Å². The number of anilines is 2. The van der Waals surface area contributed by atoms with Gasteiger partial charge in [-0.25, -0.2) is 13.1 Å². The van der Waals surface area contributed by atoms with Crippen molar-refractivity contribution in [3.63, 3.8) is 0 Å². The molecular weight excluding hydrogens is 420 g/mol. The van der Waals surface area contributed by atoms with Crippen LogP contribution >= 0.6 is 0 Å². The molecule has 3 aromatic rings. The van der Waals surface area contributed by atoms with Gasteiger partial charge in [0, 0.05) is 19.7 Å². The van der Waals surface area contributed by atoms with E-state index in [0.717, 1.165) is 0 Å². The van der Waals surface area contributed by atoms with Crippen molar-refractivity contribution in [1.29, 1.82) is 0 Å². The molecule has 0 spiro atoms. The Kier molecular flexibility index (Phi) is 6.21. The Morgan fingerprint density at radius 2 is 1.81 bits per heavy atom. The van der Waals surface area contributed by atoms with Crippen LogP contribution in [0, 0.1) is 6.92 Å². The number of nitrogens with zero attached hydrogens (tertiary/aromatic N) is 2. The van der Waals surface area contributed by atoms with E-state index in [1.807, 2.05) is 6.07 Å². The zero-order valence-corrected chi connectivity index (χ0v) is 18.5. The molecule has 1 aromatic heterocycles. The largest absolute Gasteiger partial charge is 0.492 e. The van der Waals surface area contributed by atoms with E-state index in [1.54, 1.807) is 55.9 Å². The van der Waals surface area contributed by atoms with Crippen LogP contribution in [0.1, 0.15) is 19.5 Å². The third-order valence-electron chi connectivity index (χ3n) is 4.64. The Bertz CT molecular complexity index is 1280. The van der Waals surface area contributed by atoms with E-state index in [9.17, 15) is 18.0 Å². The number of ether oxygens (including phenoxy) is 1. The number of benzene rings is 2. The molecule has 2 aromatic carbocycles. The first-order valence-electron chi connectivity index (χ1n) is 9.57. The van der Waals surface area contributed by atoms with Crippen LogP contribution in [0.4, 0.5) is 11.4 Å². The third kappa shape index (κ3) is 4.48. The number of sulfonamides is 1. The number of hydrogen-bond acceptors (Lipinski definition) is 5. The van der Waals surface area contributed by atoms with Gasteiger partial charge in [0.2, 0.25) is 5.91 Å². The molecule has 3 rings (SSSR count). The molecule has 0 saturated carbocycles. The Hall–Kier alpha value is -3.53. The molecule has 31 heavy (non-hydrogen) atoms. The number of hydrogen-bond donors (Lipinski definition) is 2. The highest BCUT2D eigenvalue weighted by Crippen LogP contribution is 2.29. The van der Waals surface area contributed by atoms with Gasteiger partial charge in [-0.3, -0.25) is 19.0 Å². The average Bonchev–Trinajstić information content (AvgIpc) is 2.92. The van der Waals surface area contributed by atoms with Gasteiger partial charge in [0.1, 0.15) is 16.3 Å². The van der Waals surface area contributed by atoms with E-state index in [1.165, 1.54) is 23.7 Å². The Morgan fingerprint density at radius 1 is 1.13 bits per heavy atom. The first-order valence-corrected chi connectivity index (χ1v) is 11.0. The molecule has 0 unspecified atom stereocenters. The molecule has 0 atom stereocenters. The zero-order chi connectivity index (χ0) is 22.8. The van der Waals surface area contributed by atoms with E-state index in [4.69, 9.17) is 4.74 Å². The third-order valence-corrected chi connectivity index (χ3v) is 6.01. The Balaban J connectivity index is 2.09. The average molecular weight is 445 g/mol. The number of nitrogens with one attached hydrogen (secondary N) is 2. The molecule has 1 amide bonds. The van der Waals surface area contributed by atoms with Crippen LogP contribution < -0.4 is 20.3 Å². The number of aromatic nitrogens is 2. The minimum absolute atomic E-state index is 0.0706. The summed E-state index contributed by atoms with van der Waals surface area (Å²) < 4.78 is 37.3. The molecule has 0 aliphatic carbocycles. The van der Waals surface area contributed by atoms with Gasteiger partial charge in [0.15, 0.2) is 0 Å². The first-order chi connectivity index (χ1) is 14.7. The molecule has 10 heteroatoms. The second kappa shape index (κ2) is 8.68. The maximum absolute atomic E-state index is 13.2. The minimum Gasteiger partial charge on any atom is -0.492 e. The highest BCUT2D eigenvalue weighted by Gasteiger charge is 2.25. The molecule has 0 fully saturated rings. The quantitative estimate of drug-likeness (QED) is 0.582. The number of amides is 1. The lowest BCUT2D eigenvalue weighted by Crippen LogP contribution is -2.23. The monoisotopic (exact) mass is 444 g/mol. The highest BCUT2D eigenvalue weighted by molar-refractivity contribution is 7.92. The molecule has 0 aliphatic rings. The lowest BCUT2D eigenvalue weighted by Gasteiger charge is -2.14. The number of para-hydroxylation sites is 1. The van der Waals surface area contributed by atoms with Crippen molar-refractivity contribution in [2.24, 2.45) is 7.05 Å². The van der Waals surface area contributed by atoms with Crippen LogP contribution in [-0.4, -0.2) is 30.3 Å². The topological polar surface area (TPSA) is 111 Å². The van der Waals surface area contributed by atoms with Crippen molar-refractivity contribution in [2.75, 3.05) is 16.6 Å². The fourth-order valence-corrected chi connectivity index (χ4v) is 4.44. The van der Waals surface area contributed by atoms with Gasteiger partial charge in [0.25, 0.3) is 15.6 Å². The molecule has 0 aliphatic heterocycles. The van der Waals surface area contributed by atoms with Gasteiger partial charge in [-0.2, -0.15) is 0 Å². The van der Waals surface area contributed by atoms with Crippen molar-refractivity contribution in [2.45, 2.75) is 25.7 Å². The van der Waals surface area contributed by atoms with Gasteiger partial charge in [0.05, 0.1) is 18.0 Å². The molecule has 164 valence electrons. The summed E-state index contributed by atoms with van der Waals surface area (Å²) in [6.45, 7) is 4.94. The smallest absolute Gasteiger partial charge is 0.296 e. The lowest BCUT2D eigenvalue weighted by molar-refractivity contribution is -0.114. The number of carbonyl (C=O) groups is 1. The summed E-state index contributed by atoms with van der Waals surface area (Å²) in [6.07, 6.45) is 0. The van der Waals surface area contributed by atoms with Crippen LogP contribution in [0.2, 0.25) is 0 Å².